The average Bonchev–Trinajstić information content (AvgIpc) is 2.25. The summed E-state index contributed by atoms with van der Waals surface area (Å²) in [5, 5.41) is 2.60. The fourth-order valence-corrected chi connectivity index (χ4v) is 3.54. The normalized spacial score (nSPS) is 22.5. The van der Waals surface area contributed by atoms with Crippen molar-refractivity contribution in [2.24, 2.45) is 0 Å². The number of hydrogen-bond acceptors (Lipinski definition) is 5. The van der Waals surface area contributed by atoms with Crippen molar-refractivity contribution >= 4 is 20.0 Å². The van der Waals surface area contributed by atoms with E-state index < -0.39 is 25.3 Å². The minimum Gasteiger partial charge on any atom is -0.315 e. The van der Waals surface area contributed by atoms with Gasteiger partial charge in [0.2, 0.25) is 20.0 Å². The molecular weight excluding hydrogens is 266 g/mol. The second kappa shape index (κ2) is 6.10. The zero-order chi connectivity index (χ0) is 12.9. The summed E-state index contributed by atoms with van der Waals surface area (Å²) in [6.07, 6.45) is 2.52. The highest BCUT2D eigenvalue weighted by Crippen LogP contribution is 2.09. The van der Waals surface area contributed by atoms with E-state index in [1.54, 1.807) is 0 Å². The van der Waals surface area contributed by atoms with E-state index in [0.717, 1.165) is 19.2 Å². The lowest BCUT2D eigenvalue weighted by Gasteiger charge is -2.22. The molecule has 0 aromatic rings. The molecule has 1 fully saturated rings. The van der Waals surface area contributed by atoms with Crippen LogP contribution in [0.3, 0.4) is 0 Å². The quantitative estimate of drug-likeness (QED) is 0.500. The van der Waals surface area contributed by atoms with Crippen molar-refractivity contribution in [3.63, 3.8) is 0 Å². The third-order valence-electron chi connectivity index (χ3n) is 2.48. The van der Waals surface area contributed by atoms with E-state index in [9.17, 15) is 16.8 Å². The van der Waals surface area contributed by atoms with Gasteiger partial charge in [-0.2, -0.15) is 0 Å². The van der Waals surface area contributed by atoms with Crippen LogP contribution in [-0.2, 0) is 20.0 Å². The Morgan fingerprint density at radius 1 is 1.18 bits per heavy atom. The van der Waals surface area contributed by atoms with Crippen LogP contribution < -0.4 is 14.8 Å². The third kappa shape index (κ3) is 5.77. The molecule has 102 valence electrons. The van der Waals surface area contributed by atoms with E-state index in [4.69, 9.17) is 0 Å². The highest BCUT2D eigenvalue weighted by molar-refractivity contribution is 7.90. The predicted molar refractivity (Wildman–Crippen MR) is 65.7 cm³/mol. The molecule has 17 heavy (non-hydrogen) atoms. The van der Waals surface area contributed by atoms with Crippen molar-refractivity contribution in [2.75, 3.05) is 32.4 Å². The summed E-state index contributed by atoms with van der Waals surface area (Å²) >= 11 is 0. The molecule has 3 N–H and O–H groups in total. The fourth-order valence-electron chi connectivity index (χ4n) is 1.63. The summed E-state index contributed by atoms with van der Waals surface area (Å²) in [7, 11) is -6.61. The molecule has 0 amide bonds. The van der Waals surface area contributed by atoms with Gasteiger partial charge >= 0.3 is 0 Å². The Morgan fingerprint density at radius 2 is 1.82 bits per heavy atom. The van der Waals surface area contributed by atoms with Crippen molar-refractivity contribution < 1.29 is 16.8 Å². The first-order valence-corrected chi connectivity index (χ1v) is 8.89. The van der Waals surface area contributed by atoms with Crippen molar-refractivity contribution in [3.8, 4) is 0 Å². The molecule has 1 heterocycles. The lowest BCUT2D eigenvalue weighted by Crippen LogP contribution is -2.45. The van der Waals surface area contributed by atoms with Crippen LogP contribution in [0.1, 0.15) is 12.8 Å². The number of sulfonamides is 2. The monoisotopic (exact) mass is 285 g/mol. The Kier molecular flexibility index (Phi) is 5.32. The molecule has 1 rings (SSSR count). The summed E-state index contributed by atoms with van der Waals surface area (Å²) in [6, 6.07) is 0. The molecule has 0 saturated carbocycles. The minimum absolute atomic E-state index is 0.0677. The van der Waals surface area contributed by atoms with E-state index in [-0.39, 0.29) is 13.1 Å². The Hall–Kier alpha value is -0.220. The maximum Gasteiger partial charge on any atom is 0.215 e. The van der Waals surface area contributed by atoms with Crippen molar-refractivity contribution in [2.45, 2.75) is 18.1 Å². The molecule has 0 aromatic carbocycles. The Balaban J connectivity index is 2.34. The van der Waals surface area contributed by atoms with Gasteiger partial charge in [0.05, 0.1) is 11.5 Å². The van der Waals surface area contributed by atoms with Crippen molar-refractivity contribution in [1.29, 1.82) is 0 Å². The Morgan fingerprint density at radius 3 is 2.35 bits per heavy atom. The molecule has 1 aliphatic heterocycles. The Bertz CT molecular complexity index is 426. The van der Waals surface area contributed by atoms with Gasteiger partial charge in [-0.05, 0) is 19.4 Å². The Labute approximate surface area is 102 Å². The first-order valence-electron chi connectivity index (χ1n) is 5.45. The van der Waals surface area contributed by atoms with E-state index in [2.05, 4.69) is 14.8 Å². The van der Waals surface area contributed by atoms with Crippen LogP contribution in [0.4, 0.5) is 0 Å². The van der Waals surface area contributed by atoms with Crippen LogP contribution in [0.15, 0.2) is 0 Å². The first-order chi connectivity index (χ1) is 7.81. The summed E-state index contributed by atoms with van der Waals surface area (Å²) in [4.78, 5) is 0. The first kappa shape index (κ1) is 14.8. The smallest absolute Gasteiger partial charge is 0.215 e. The summed E-state index contributed by atoms with van der Waals surface area (Å²) in [6.45, 7) is 1.45. The van der Waals surface area contributed by atoms with Crippen molar-refractivity contribution in [3.05, 3.63) is 0 Å². The van der Waals surface area contributed by atoms with Crippen molar-refractivity contribution in [1.82, 2.24) is 14.8 Å². The van der Waals surface area contributed by atoms with Crippen LogP contribution >= 0.6 is 0 Å². The molecule has 1 atom stereocenters. The summed E-state index contributed by atoms with van der Waals surface area (Å²) in [5.74, 6) is 0. The molecule has 0 aromatic heterocycles. The SMILES string of the molecule is CS(=O)(=O)NCCNS(=O)(=O)C1CCCNC1. The van der Waals surface area contributed by atoms with E-state index >= 15 is 0 Å². The van der Waals surface area contributed by atoms with Gasteiger partial charge in [0.15, 0.2) is 0 Å². The van der Waals surface area contributed by atoms with Gasteiger partial charge in [-0.25, -0.2) is 26.3 Å². The molecule has 0 radical (unpaired) electrons. The van der Waals surface area contributed by atoms with Gasteiger partial charge in [0.1, 0.15) is 0 Å². The zero-order valence-electron chi connectivity index (χ0n) is 9.77. The summed E-state index contributed by atoms with van der Waals surface area (Å²) < 4.78 is 49.7. The predicted octanol–water partition coefficient (Wildman–Crippen LogP) is -1.79. The topological polar surface area (TPSA) is 104 Å². The van der Waals surface area contributed by atoms with Gasteiger partial charge in [-0.15, -0.1) is 0 Å². The second-order valence-corrected chi connectivity index (χ2v) is 7.95. The van der Waals surface area contributed by atoms with Gasteiger partial charge < -0.3 is 5.32 Å². The average molecular weight is 285 g/mol. The number of nitrogens with one attached hydrogen (secondary N) is 3. The largest absolute Gasteiger partial charge is 0.315 e. The van der Waals surface area contributed by atoms with Gasteiger partial charge in [-0.1, -0.05) is 0 Å². The molecule has 0 aliphatic carbocycles. The maximum atomic E-state index is 11.8. The fraction of sp³-hybridized carbons (Fsp3) is 1.00. The molecule has 1 aliphatic rings. The molecule has 1 unspecified atom stereocenters. The van der Waals surface area contributed by atoms with Gasteiger partial charge in [0.25, 0.3) is 0 Å². The van der Waals surface area contributed by atoms with Gasteiger partial charge in [-0.3, -0.25) is 0 Å². The highest BCUT2D eigenvalue weighted by Gasteiger charge is 2.26. The van der Waals surface area contributed by atoms with Crippen LogP contribution in [0.5, 0.6) is 0 Å². The van der Waals surface area contributed by atoms with E-state index in [1.165, 1.54) is 0 Å². The van der Waals surface area contributed by atoms with Crippen LogP contribution in [-0.4, -0.2) is 54.5 Å². The molecule has 9 heteroatoms. The van der Waals surface area contributed by atoms with Crippen LogP contribution in [0.2, 0.25) is 0 Å². The minimum atomic E-state index is -3.35. The highest BCUT2D eigenvalue weighted by atomic mass is 32.2. The molecule has 0 spiro atoms. The lowest BCUT2D eigenvalue weighted by atomic mass is 10.2. The third-order valence-corrected chi connectivity index (χ3v) is 5.10. The van der Waals surface area contributed by atoms with E-state index in [0.29, 0.717) is 13.0 Å². The van der Waals surface area contributed by atoms with E-state index in [1.807, 2.05) is 0 Å². The standard InChI is InChI=1S/C8H19N3O4S2/c1-16(12,13)10-5-6-11-17(14,15)8-3-2-4-9-7-8/h8-11H,2-7H2,1H3. The zero-order valence-corrected chi connectivity index (χ0v) is 11.4. The summed E-state index contributed by atoms with van der Waals surface area (Å²) in [5.41, 5.74) is 0. The molecule has 1 saturated heterocycles. The molecule has 0 bridgehead atoms. The number of piperidine rings is 1. The van der Waals surface area contributed by atoms with Crippen LogP contribution in [0, 0.1) is 0 Å². The van der Waals surface area contributed by atoms with Gasteiger partial charge in [0, 0.05) is 19.6 Å². The second-order valence-electron chi connectivity index (χ2n) is 4.07. The number of hydrogen-bond donors (Lipinski definition) is 3. The maximum absolute atomic E-state index is 11.8. The number of rotatable bonds is 6. The molecular formula is C8H19N3O4S2. The van der Waals surface area contributed by atoms with Crippen LogP contribution in [0.25, 0.3) is 0 Å². The molecule has 7 nitrogen and oxygen atoms in total. The lowest BCUT2D eigenvalue weighted by molar-refractivity contribution is 0.490.